The minimum atomic E-state index is 0.665. The van der Waals surface area contributed by atoms with Crippen molar-refractivity contribution in [2.24, 2.45) is 11.8 Å². The van der Waals surface area contributed by atoms with E-state index in [-0.39, 0.29) is 0 Å². The Morgan fingerprint density at radius 1 is 1.05 bits per heavy atom. The summed E-state index contributed by atoms with van der Waals surface area (Å²) in [5.74, 6) is 2.01. The van der Waals surface area contributed by atoms with Crippen LogP contribution in [0, 0.1) is 11.8 Å². The standard InChI is InChI=1S/C17H23N3/c1-2-4-13-9-15(6-5-12(13)3-1)19-16-7-8-17-14(10-16)11-18-20-17/h7-8,10-13,15,19H,1-6,9H2,(H,18,20). The predicted molar refractivity (Wildman–Crippen MR) is 82.8 cm³/mol. The average Bonchev–Trinajstić information content (AvgIpc) is 2.95. The van der Waals surface area contributed by atoms with Gasteiger partial charge in [-0.25, -0.2) is 0 Å². The van der Waals surface area contributed by atoms with E-state index < -0.39 is 0 Å². The molecular weight excluding hydrogens is 246 g/mol. The third-order valence-corrected chi connectivity index (χ3v) is 5.35. The van der Waals surface area contributed by atoms with Crippen molar-refractivity contribution in [3.63, 3.8) is 0 Å². The normalized spacial score (nSPS) is 30.1. The van der Waals surface area contributed by atoms with E-state index in [9.17, 15) is 0 Å². The third-order valence-electron chi connectivity index (χ3n) is 5.35. The number of anilines is 1. The van der Waals surface area contributed by atoms with Crippen molar-refractivity contribution in [2.45, 2.75) is 51.0 Å². The summed E-state index contributed by atoms with van der Waals surface area (Å²) in [6.07, 6.45) is 11.9. The number of fused-ring (bicyclic) bond motifs is 2. The number of nitrogens with zero attached hydrogens (tertiary/aromatic N) is 1. The molecule has 2 N–H and O–H groups in total. The third kappa shape index (κ3) is 2.30. The second-order valence-corrected chi connectivity index (χ2v) is 6.63. The van der Waals surface area contributed by atoms with Gasteiger partial charge in [-0.1, -0.05) is 25.7 Å². The summed E-state index contributed by atoms with van der Waals surface area (Å²) in [5.41, 5.74) is 2.37. The van der Waals surface area contributed by atoms with Crippen LogP contribution in [0.5, 0.6) is 0 Å². The number of benzene rings is 1. The molecular formula is C17H23N3. The first kappa shape index (κ1) is 12.2. The number of H-pyrrole nitrogens is 1. The topological polar surface area (TPSA) is 40.7 Å². The second kappa shape index (κ2) is 5.12. The van der Waals surface area contributed by atoms with Crippen LogP contribution in [0.4, 0.5) is 5.69 Å². The van der Waals surface area contributed by atoms with Gasteiger partial charge in [-0.3, -0.25) is 5.10 Å². The Hall–Kier alpha value is -1.51. The maximum atomic E-state index is 4.09. The summed E-state index contributed by atoms with van der Waals surface area (Å²) < 4.78 is 0. The van der Waals surface area contributed by atoms with Crippen molar-refractivity contribution in [1.82, 2.24) is 10.2 Å². The van der Waals surface area contributed by atoms with E-state index in [1.807, 2.05) is 6.20 Å². The quantitative estimate of drug-likeness (QED) is 0.851. The molecule has 0 saturated heterocycles. The number of rotatable bonds is 2. The maximum Gasteiger partial charge on any atom is 0.0651 e. The van der Waals surface area contributed by atoms with Gasteiger partial charge in [0.15, 0.2) is 0 Å². The predicted octanol–water partition coefficient (Wildman–Crippen LogP) is 4.33. The number of hydrogen-bond donors (Lipinski definition) is 2. The molecule has 1 aromatic carbocycles. The zero-order valence-corrected chi connectivity index (χ0v) is 11.9. The Kier molecular flexibility index (Phi) is 3.13. The van der Waals surface area contributed by atoms with Gasteiger partial charge in [0.2, 0.25) is 0 Å². The van der Waals surface area contributed by atoms with Crippen molar-refractivity contribution in [3.05, 3.63) is 24.4 Å². The molecule has 2 fully saturated rings. The van der Waals surface area contributed by atoms with Gasteiger partial charge in [0.05, 0.1) is 11.7 Å². The molecule has 2 aliphatic carbocycles. The van der Waals surface area contributed by atoms with E-state index in [2.05, 4.69) is 33.7 Å². The highest BCUT2D eigenvalue weighted by Crippen LogP contribution is 2.41. The SMILES string of the molecule is c1cc2[nH]ncc2cc1NC1CCC2CCCCC2C1. The molecule has 0 amide bonds. The summed E-state index contributed by atoms with van der Waals surface area (Å²) in [7, 11) is 0. The average molecular weight is 269 g/mol. The summed E-state index contributed by atoms with van der Waals surface area (Å²) in [6, 6.07) is 7.18. The van der Waals surface area contributed by atoms with Crippen molar-refractivity contribution < 1.29 is 0 Å². The van der Waals surface area contributed by atoms with Crippen LogP contribution in [0.15, 0.2) is 24.4 Å². The smallest absolute Gasteiger partial charge is 0.0651 e. The van der Waals surface area contributed by atoms with E-state index in [1.165, 1.54) is 56.0 Å². The maximum absolute atomic E-state index is 4.09. The van der Waals surface area contributed by atoms with Gasteiger partial charge in [0.25, 0.3) is 0 Å². The van der Waals surface area contributed by atoms with Crippen LogP contribution in [0.25, 0.3) is 10.9 Å². The Morgan fingerprint density at radius 3 is 2.90 bits per heavy atom. The Labute approximate surface area is 120 Å². The molecule has 3 atom stereocenters. The molecule has 3 unspecified atom stereocenters. The fraction of sp³-hybridized carbons (Fsp3) is 0.588. The van der Waals surface area contributed by atoms with Crippen LogP contribution >= 0.6 is 0 Å². The van der Waals surface area contributed by atoms with Crippen molar-refractivity contribution in [1.29, 1.82) is 0 Å². The van der Waals surface area contributed by atoms with E-state index in [0.717, 1.165) is 17.4 Å². The molecule has 3 heteroatoms. The van der Waals surface area contributed by atoms with Crippen LogP contribution in [-0.4, -0.2) is 16.2 Å². The first-order valence-corrected chi connectivity index (χ1v) is 8.08. The molecule has 2 saturated carbocycles. The van der Waals surface area contributed by atoms with Gasteiger partial charge in [-0.05, 0) is 49.3 Å². The molecule has 0 spiro atoms. The van der Waals surface area contributed by atoms with Crippen molar-refractivity contribution in [2.75, 3.05) is 5.32 Å². The fourth-order valence-electron chi connectivity index (χ4n) is 4.27. The number of hydrogen-bond acceptors (Lipinski definition) is 2. The molecule has 20 heavy (non-hydrogen) atoms. The van der Waals surface area contributed by atoms with Gasteiger partial charge in [-0.15, -0.1) is 0 Å². The fourth-order valence-corrected chi connectivity index (χ4v) is 4.27. The molecule has 4 rings (SSSR count). The summed E-state index contributed by atoms with van der Waals surface area (Å²) in [6.45, 7) is 0. The summed E-state index contributed by atoms with van der Waals surface area (Å²) in [5, 5.41) is 12.1. The molecule has 1 aromatic heterocycles. The second-order valence-electron chi connectivity index (χ2n) is 6.63. The van der Waals surface area contributed by atoms with E-state index in [1.54, 1.807) is 0 Å². The van der Waals surface area contributed by atoms with Gasteiger partial charge < -0.3 is 5.32 Å². The van der Waals surface area contributed by atoms with Crippen molar-refractivity contribution >= 4 is 16.6 Å². The van der Waals surface area contributed by atoms with Gasteiger partial charge in [-0.2, -0.15) is 5.10 Å². The zero-order chi connectivity index (χ0) is 13.4. The Morgan fingerprint density at radius 2 is 1.95 bits per heavy atom. The Bertz CT molecular complexity index is 589. The molecule has 3 nitrogen and oxygen atoms in total. The zero-order valence-electron chi connectivity index (χ0n) is 11.9. The largest absolute Gasteiger partial charge is 0.382 e. The van der Waals surface area contributed by atoms with Gasteiger partial charge in [0, 0.05) is 17.1 Å². The molecule has 0 aliphatic heterocycles. The van der Waals surface area contributed by atoms with E-state index in [4.69, 9.17) is 0 Å². The lowest BCUT2D eigenvalue weighted by Crippen LogP contribution is -2.34. The molecule has 0 bridgehead atoms. The minimum Gasteiger partial charge on any atom is -0.382 e. The highest BCUT2D eigenvalue weighted by molar-refractivity contribution is 5.81. The molecule has 1 heterocycles. The van der Waals surface area contributed by atoms with Crippen LogP contribution in [0.2, 0.25) is 0 Å². The van der Waals surface area contributed by atoms with Crippen LogP contribution < -0.4 is 5.32 Å². The van der Waals surface area contributed by atoms with Crippen molar-refractivity contribution in [3.8, 4) is 0 Å². The molecule has 2 aromatic rings. The monoisotopic (exact) mass is 269 g/mol. The number of aromatic nitrogens is 2. The molecule has 2 aliphatic rings. The van der Waals surface area contributed by atoms with Gasteiger partial charge >= 0.3 is 0 Å². The minimum absolute atomic E-state index is 0.665. The van der Waals surface area contributed by atoms with E-state index in [0.29, 0.717) is 6.04 Å². The highest BCUT2D eigenvalue weighted by Gasteiger charge is 2.31. The molecule has 0 radical (unpaired) electrons. The van der Waals surface area contributed by atoms with Crippen LogP contribution in [-0.2, 0) is 0 Å². The van der Waals surface area contributed by atoms with Gasteiger partial charge in [0.1, 0.15) is 0 Å². The van der Waals surface area contributed by atoms with E-state index >= 15 is 0 Å². The lowest BCUT2D eigenvalue weighted by atomic mass is 9.69. The number of nitrogens with one attached hydrogen (secondary N) is 2. The van der Waals surface area contributed by atoms with Crippen LogP contribution in [0.3, 0.4) is 0 Å². The molecule has 106 valence electrons. The lowest BCUT2D eigenvalue weighted by molar-refractivity contribution is 0.162. The highest BCUT2D eigenvalue weighted by atomic mass is 15.1. The first-order chi connectivity index (χ1) is 9.88. The first-order valence-electron chi connectivity index (χ1n) is 8.08. The summed E-state index contributed by atoms with van der Waals surface area (Å²) >= 11 is 0. The number of aromatic amines is 1. The Balaban J connectivity index is 1.45. The lowest BCUT2D eigenvalue weighted by Gasteiger charge is -2.39. The van der Waals surface area contributed by atoms with Crippen LogP contribution in [0.1, 0.15) is 44.9 Å². The summed E-state index contributed by atoms with van der Waals surface area (Å²) in [4.78, 5) is 0.